The van der Waals surface area contributed by atoms with E-state index in [1.54, 1.807) is 0 Å². The zero-order valence-corrected chi connectivity index (χ0v) is 9.61. The number of benzene rings is 1. The van der Waals surface area contributed by atoms with E-state index >= 15 is 0 Å². The van der Waals surface area contributed by atoms with E-state index in [2.05, 4.69) is 4.74 Å². The Hall–Kier alpha value is -1.20. The lowest BCUT2D eigenvalue weighted by molar-refractivity contribution is -0.142. The fourth-order valence-corrected chi connectivity index (χ4v) is 1.21. The van der Waals surface area contributed by atoms with Gasteiger partial charge in [-0.05, 0) is 18.6 Å². The summed E-state index contributed by atoms with van der Waals surface area (Å²) in [6, 6.07) is 0.907. The van der Waals surface area contributed by atoms with Crippen molar-refractivity contribution in [3.05, 3.63) is 34.9 Å². The molecule has 0 aromatic heterocycles. The van der Waals surface area contributed by atoms with E-state index in [1.165, 1.54) is 13.0 Å². The predicted molar refractivity (Wildman–Crippen MR) is 57.3 cm³/mol. The third-order valence-corrected chi connectivity index (χ3v) is 2.09. The largest absolute Gasteiger partial charge is 0.468 e. The Morgan fingerprint density at radius 3 is 2.50 bits per heavy atom. The van der Waals surface area contributed by atoms with Crippen molar-refractivity contribution < 1.29 is 18.3 Å². The highest BCUT2D eigenvalue weighted by Crippen LogP contribution is 2.22. The third-order valence-electron chi connectivity index (χ3n) is 2.09. The summed E-state index contributed by atoms with van der Waals surface area (Å²) >= 11 is 0. The summed E-state index contributed by atoms with van der Waals surface area (Å²) in [5, 5.41) is 0. The number of aryl methyl sites for hydroxylation is 1. The third kappa shape index (κ3) is 2.68. The van der Waals surface area contributed by atoms with Gasteiger partial charge in [0.1, 0.15) is 17.7 Å². The van der Waals surface area contributed by atoms with Gasteiger partial charge in [-0.25, -0.2) is 8.78 Å². The maximum absolute atomic E-state index is 13.5. The number of esters is 1. The van der Waals surface area contributed by atoms with Crippen LogP contribution in [0.5, 0.6) is 0 Å². The van der Waals surface area contributed by atoms with Crippen molar-refractivity contribution in [1.82, 2.24) is 0 Å². The number of hydrogen-bond acceptors (Lipinski definition) is 3. The Kier molecular flexibility index (Phi) is 5.33. The summed E-state index contributed by atoms with van der Waals surface area (Å²) < 4.78 is 31.1. The summed E-state index contributed by atoms with van der Waals surface area (Å²) in [6.45, 7) is 1.46. The molecule has 0 heterocycles. The molecule has 0 bridgehead atoms. The van der Waals surface area contributed by atoms with Crippen LogP contribution in [-0.2, 0) is 9.53 Å². The Labute approximate surface area is 98.0 Å². The summed E-state index contributed by atoms with van der Waals surface area (Å²) in [5.41, 5.74) is 5.14. The van der Waals surface area contributed by atoms with Crippen molar-refractivity contribution >= 4 is 18.4 Å². The lowest BCUT2D eigenvalue weighted by Crippen LogP contribution is -2.25. The Morgan fingerprint density at radius 2 is 2.00 bits per heavy atom. The van der Waals surface area contributed by atoms with Gasteiger partial charge in [0.15, 0.2) is 0 Å². The Balaban J connectivity index is 0.00000225. The fraction of sp³-hybridized carbons (Fsp3) is 0.300. The summed E-state index contributed by atoms with van der Waals surface area (Å²) in [4.78, 5) is 11.0. The molecule has 6 heteroatoms. The van der Waals surface area contributed by atoms with E-state index in [0.717, 1.165) is 13.2 Å². The van der Waals surface area contributed by atoms with Gasteiger partial charge in [0, 0.05) is 0 Å². The second-order valence-corrected chi connectivity index (χ2v) is 3.09. The first kappa shape index (κ1) is 14.8. The van der Waals surface area contributed by atoms with Gasteiger partial charge in [0.2, 0.25) is 0 Å². The molecule has 0 unspecified atom stereocenters. The average Bonchev–Trinajstić information content (AvgIpc) is 2.22. The SMILES string of the molecule is COC(=O)[C@@H](N)c1c(F)ccc(C)c1F.Cl. The van der Waals surface area contributed by atoms with E-state index < -0.39 is 29.2 Å². The van der Waals surface area contributed by atoms with Crippen molar-refractivity contribution in [3.63, 3.8) is 0 Å². The van der Waals surface area contributed by atoms with Crippen LogP contribution in [0.1, 0.15) is 17.2 Å². The molecule has 2 N–H and O–H groups in total. The molecule has 0 saturated heterocycles. The number of halogens is 3. The monoisotopic (exact) mass is 251 g/mol. The molecule has 0 amide bonds. The second-order valence-electron chi connectivity index (χ2n) is 3.09. The van der Waals surface area contributed by atoms with Crippen molar-refractivity contribution in [1.29, 1.82) is 0 Å². The Bertz CT molecular complexity index is 399. The number of carbonyl (C=O) groups is 1. The number of methoxy groups -OCH3 is 1. The van der Waals surface area contributed by atoms with Gasteiger partial charge in [-0.3, -0.25) is 4.79 Å². The number of ether oxygens (including phenoxy) is 1. The lowest BCUT2D eigenvalue weighted by Gasteiger charge is -2.12. The minimum absolute atomic E-state index is 0. The molecule has 0 aliphatic rings. The summed E-state index contributed by atoms with van der Waals surface area (Å²) in [7, 11) is 1.10. The van der Waals surface area contributed by atoms with Gasteiger partial charge in [-0.15, -0.1) is 12.4 Å². The van der Waals surface area contributed by atoms with Crippen LogP contribution in [0, 0.1) is 18.6 Å². The van der Waals surface area contributed by atoms with Crippen LogP contribution in [-0.4, -0.2) is 13.1 Å². The molecule has 1 rings (SSSR count). The standard InChI is InChI=1S/C10H11F2NO2.ClH/c1-5-3-4-6(11)7(8(5)12)9(13)10(14)15-2;/h3-4,9H,13H2,1-2H3;1H/t9-;/m0./s1. The van der Waals surface area contributed by atoms with Gasteiger partial charge in [-0.2, -0.15) is 0 Å². The highest BCUT2D eigenvalue weighted by atomic mass is 35.5. The minimum atomic E-state index is -1.44. The van der Waals surface area contributed by atoms with Crippen molar-refractivity contribution in [2.75, 3.05) is 7.11 Å². The van der Waals surface area contributed by atoms with Crippen molar-refractivity contribution in [2.24, 2.45) is 5.73 Å². The van der Waals surface area contributed by atoms with E-state index in [4.69, 9.17) is 5.73 Å². The predicted octanol–water partition coefficient (Wildman–Crippen LogP) is 1.87. The quantitative estimate of drug-likeness (QED) is 0.817. The van der Waals surface area contributed by atoms with Crippen LogP contribution in [0.2, 0.25) is 0 Å². The minimum Gasteiger partial charge on any atom is -0.468 e. The molecular weight excluding hydrogens is 240 g/mol. The second kappa shape index (κ2) is 5.77. The Morgan fingerprint density at radius 1 is 1.44 bits per heavy atom. The van der Waals surface area contributed by atoms with Crippen LogP contribution in [0.3, 0.4) is 0 Å². The highest BCUT2D eigenvalue weighted by Gasteiger charge is 2.24. The molecule has 0 saturated carbocycles. The topological polar surface area (TPSA) is 52.3 Å². The highest BCUT2D eigenvalue weighted by molar-refractivity contribution is 5.85. The van der Waals surface area contributed by atoms with Crippen LogP contribution in [0.15, 0.2) is 12.1 Å². The summed E-state index contributed by atoms with van der Waals surface area (Å²) in [6.07, 6.45) is 0. The molecule has 1 atom stereocenters. The zero-order valence-electron chi connectivity index (χ0n) is 8.79. The zero-order chi connectivity index (χ0) is 11.6. The van der Waals surface area contributed by atoms with E-state index in [1.807, 2.05) is 0 Å². The van der Waals surface area contributed by atoms with Gasteiger partial charge < -0.3 is 10.5 Å². The molecule has 0 radical (unpaired) electrons. The lowest BCUT2D eigenvalue weighted by atomic mass is 10.0. The van der Waals surface area contributed by atoms with Gasteiger partial charge >= 0.3 is 5.97 Å². The van der Waals surface area contributed by atoms with Crippen LogP contribution in [0.4, 0.5) is 8.78 Å². The van der Waals surface area contributed by atoms with Crippen LogP contribution in [0.25, 0.3) is 0 Å². The fourth-order valence-electron chi connectivity index (χ4n) is 1.21. The van der Waals surface area contributed by atoms with E-state index in [0.29, 0.717) is 0 Å². The van der Waals surface area contributed by atoms with Gasteiger partial charge in [0.05, 0.1) is 12.7 Å². The summed E-state index contributed by atoms with van der Waals surface area (Å²) in [5.74, 6) is -2.54. The molecule has 16 heavy (non-hydrogen) atoms. The normalized spacial score (nSPS) is 11.6. The van der Waals surface area contributed by atoms with E-state index in [-0.39, 0.29) is 18.0 Å². The first-order chi connectivity index (χ1) is 6.99. The first-order valence-electron chi connectivity index (χ1n) is 4.27. The smallest absolute Gasteiger partial charge is 0.327 e. The van der Waals surface area contributed by atoms with Crippen LogP contribution >= 0.6 is 12.4 Å². The first-order valence-corrected chi connectivity index (χ1v) is 4.27. The maximum Gasteiger partial charge on any atom is 0.327 e. The number of rotatable bonds is 2. The number of carbonyl (C=O) groups excluding carboxylic acids is 1. The molecule has 1 aromatic carbocycles. The van der Waals surface area contributed by atoms with Crippen molar-refractivity contribution in [2.45, 2.75) is 13.0 Å². The molecule has 3 nitrogen and oxygen atoms in total. The molecular formula is C10H12ClF2NO2. The van der Waals surface area contributed by atoms with Crippen LogP contribution < -0.4 is 5.73 Å². The van der Waals surface area contributed by atoms with Gasteiger partial charge in [0.25, 0.3) is 0 Å². The molecule has 0 fully saturated rings. The van der Waals surface area contributed by atoms with Gasteiger partial charge in [-0.1, -0.05) is 6.07 Å². The molecule has 1 aromatic rings. The maximum atomic E-state index is 13.5. The molecule has 0 spiro atoms. The average molecular weight is 252 g/mol. The molecule has 0 aliphatic carbocycles. The number of hydrogen-bond donors (Lipinski definition) is 1. The molecule has 0 aliphatic heterocycles. The van der Waals surface area contributed by atoms with E-state index in [9.17, 15) is 13.6 Å². The van der Waals surface area contributed by atoms with Crippen molar-refractivity contribution in [3.8, 4) is 0 Å². The molecule has 90 valence electrons. The number of nitrogens with two attached hydrogens (primary N) is 1.